The van der Waals surface area contributed by atoms with Gasteiger partial charge in [0.1, 0.15) is 19.3 Å². The predicted molar refractivity (Wildman–Crippen MR) is 355 cm³/mol. The summed E-state index contributed by atoms with van der Waals surface area (Å²) in [6.45, 7) is 6.71. The summed E-state index contributed by atoms with van der Waals surface area (Å²) >= 11 is 0. The number of hydrogen-bond donors (Lipinski definition) is 2. The zero-order valence-corrected chi connectivity index (χ0v) is 54.1. The number of nitrogens with one attached hydrogen (secondary N) is 1. The maximum Gasteiger partial charge on any atom is 0.472 e. The minimum atomic E-state index is -4.48. The predicted octanol–water partition coefficient (Wildman–Crippen LogP) is 20.6. The summed E-state index contributed by atoms with van der Waals surface area (Å²) in [5, 5.41) is 3.02. The van der Waals surface area contributed by atoms with E-state index in [9.17, 15) is 19.0 Å². The van der Waals surface area contributed by atoms with E-state index in [0.717, 1.165) is 122 Å². The first-order chi connectivity index (χ1) is 39.9. The Hall–Kier alpha value is -4.11. The van der Waals surface area contributed by atoms with Gasteiger partial charge in [-0.2, -0.15) is 0 Å². The molecule has 3 unspecified atom stereocenters. The Morgan fingerprint density at radius 3 is 1.20 bits per heavy atom. The molecule has 466 valence electrons. The maximum absolute atomic E-state index is 13.5. The van der Waals surface area contributed by atoms with Gasteiger partial charge < -0.3 is 19.4 Å². The van der Waals surface area contributed by atoms with Crippen molar-refractivity contribution >= 4 is 19.7 Å². The number of nitrogens with zero attached hydrogens (tertiary/aromatic N) is 1. The molecule has 1 amide bonds. The summed E-state index contributed by atoms with van der Waals surface area (Å²) in [6, 6.07) is -0.893. The summed E-state index contributed by atoms with van der Waals surface area (Å²) in [4.78, 5) is 37.8. The van der Waals surface area contributed by atoms with Gasteiger partial charge in [0.25, 0.3) is 0 Å². The van der Waals surface area contributed by atoms with E-state index in [-0.39, 0.29) is 37.9 Å². The summed E-state index contributed by atoms with van der Waals surface area (Å²) in [5.74, 6) is -0.593. The molecule has 2 N–H and O–H groups in total. The molecule has 0 heterocycles. The second-order valence-corrected chi connectivity index (χ2v) is 24.0. The Labute approximate surface area is 504 Å². The van der Waals surface area contributed by atoms with Crippen LogP contribution < -0.4 is 5.32 Å². The van der Waals surface area contributed by atoms with Crippen LogP contribution in [0, 0.1) is 0 Å². The fourth-order valence-corrected chi connectivity index (χ4v) is 9.30. The van der Waals surface area contributed by atoms with Crippen LogP contribution >= 0.6 is 7.82 Å². The Balaban J connectivity index is 5.23. The number of hydrogen-bond acceptors (Lipinski definition) is 6. The average Bonchev–Trinajstić information content (AvgIpc) is 3.44. The lowest BCUT2D eigenvalue weighted by molar-refractivity contribution is -0.870. The van der Waals surface area contributed by atoms with Gasteiger partial charge in [0, 0.05) is 12.8 Å². The standard InChI is InChI=1S/C72H121N2O7P/c1-7-10-13-16-19-22-25-28-30-32-33-34-35-36-37-38-39-40-41-43-45-47-50-53-56-59-62-65-72(76)81-70(63-60-57-54-51-48-27-24-21-18-15-12-9-3)69(68-80-82(77,78)79-67-66-74(4,5)6)73-71(75)64-61-58-55-52-49-46-44-42-31-29-26-23-20-17-14-11-8-2/h10-11,13-14,19-20,22-23,28-31,33-34,36-37,39-40,44,46,52,55,60,63,69-70H,7-9,12,15-18,21,24-27,32,35,38,41-43,45,47-51,53-54,56-59,61-62,64-68H2,1-6H3,(H-,73,75,77,78)/p+1/b13-10-,14-11-,22-19-,23-20-,30-28-,31-29-,34-33-,37-36-,40-39-,46-44-,55-52-,63-60-. The monoisotopic (exact) mass is 1160 g/mol. The molecular weight excluding hydrogens is 1040 g/mol. The molecule has 0 spiro atoms. The number of phosphoric ester groups is 1. The highest BCUT2D eigenvalue weighted by Crippen LogP contribution is 2.43. The van der Waals surface area contributed by atoms with Gasteiger partial charge in [-0.05, 0) is 122 Å². The van der Waals surface area contributed by atoms with Crippen molar-refractivity contribution in [2.45, 2.75) is 258 Å². The highest BCUT2D eigenvalue weighted by atomic mass is 31.2. The molecule has 0 bridgehead atoms. The largest absolute Gasteiger partial charge is 0.472 e. The lowest BCUT2D eigenvalue weighted by Crippen LogP contribution is -2.47. The minimum absolute atomic E-state index is 0.0202. The number of allylic oxidation sites excluding steroid dienone is 23. The Kier molecular flexibility index (Phi) is 57.0. The highest BCUT2D eigenvalue weighted by molar-refractivity contribution is 7.47. The van der Waals surface area contributed by atoms with E-state index in [1.54, 1.807) is 0 Å². The number of likely N-dealkylation sites (N-methyl/N-ethyl adjacent to an activating group) is 1. The molecule has 3 atom stereocenters. The third kappa shape index (κ3) is 60.5. The van der Waals surface area contributed by atoms with Crippen LogP contribution in [-0.2, 0) is 27.9 Å². The number of amides is 1. The zero-order valence-electron chi connectivity index (χ0n) is 53.2. The van der Waals surface area contributed by atoms with E-state index in [0.29, 0.717) is 23.9 Å². The van der Waals surface area contributed by atoms with E-state index < -0.39 is 20.0 Å². The van der Waals surface area contributed by atoms with Gasteiger partial charge in [-0.25, -0.2) is 4.57 Å². The SMILES string of the molecule is CC/C=C\C/C=C\C/C=C\C/C=C\C/C=C\C/C=C\CCCCCCCCCCC(=O)OC(/C=C\CCCCCCCCCCCC)C(COP(=O)(O)OCC[N+](C)(C)C)NC(=O)CCC/C=C\C/C=C\C/C=C\C/C=C\C/C=C\CC. The molecular formula is C72H122N2O7P+. The van der Waals surface area contributed by atoms with Gasteiger partial charge in [-0.1, -0.05) is 257 Å². The van der Waals surface area contributed by atoms with Crippen LogP contribution in [0.4, 0.5) is 0 Å². The van der Waals surface area contributed by atoms with Crippen LogP contribution in [0.2, 0.25) is 0 Å². The zero-order chi connectivity index (χ0) is 60.0. The first kappa shape index (κ1) is 77.9. The molecule has 0 saturated carbocycles. The molecule has 0 aromatic rings. The first-order valence-corrected chi connectivity index (χ1v) is 34.2. The third-order valence-corrected chi connectivity index (χ3v) is 14.5. The number of rotatable bonds is 57. The maximum atomic E-state index is 13.5. The van der Waals surface area contributed by atoms with E-state index in [4.69, 9.17) is 13.8 Å². The number of quaternary nitrogens is 1. The van der Waals surface area contributed by atoms with Crippen LogP contribution in [0.15, 0.2) is 146 Å². The van der Waals surface area contributed by atoms with Gasteiger partial charge in [-0.15, -0.1) is 0 Å². The van der Waals surface area contributed by atoms with Crippen LogP contribution in [0.3, 0.4) is 0 Å². The Morgan fingerprint density at radius 1 is 0.439 bits per heavy atom. The second-order valence-electron chi connectivity index (χ2n) is 22.5. The average molecular weight is 1160 g/mol. The highest BCUT2D eigenvalue weighted by Gasteiger charge is 2.30. The van der Waals surface area contributed by atoms with Gasteiger partial charge >= 0.3 is 13.8 Å². The third-order valence-electron chi connectivity index (χ3n) is 13.5. The summed E-state index contributed by atoms with van der Waals surface area (Å²) in [6.07, 6.45) is 87.2. The van der Waals surface area contributed by atoms with Crippen molar-refractivity contribution in [2.75, 3.05) is 40.9 Å². The number of carbonyl (C=O) groups is 2. The second kappa shape index (κ2) is 60.0. The van der Waals surface area contributed by atoms with Crippen molar-refractivity contribution < 1.29 is 37.3 Å². The van der Waals surface area contributed by atoms with Crippen molar-refractivity contribution in [3.05, 3.63) is 146 Å². The van der Waals surface area contributed by atoms with Crippen molar-refractivity contribution in [2.24, 2.45) is 0 Å². The molecule has 0 aliphatic rings. The van der Waals surface area contributed by atoms with Crippen LogP contribution in [-0.4, -0.2) is 74.3 Å². The van der Waals surface area contributed by atoms with Gasteiger partial charge in [0.2, 0.25) is 5.91 Å². The molecule has 0 aromatic heterocycles. The lowest BCUT2D eigenvalue weighted by Gasteiger charge is -2.27. The normalized spacial score (nSPS) is 14.6. The molecule has 0 aliphatic carbocycles. The first-order valence-electron chi connectivity index (χ1n) is 32.7. The molecule has 0 aliphatic heterocycles. The minimum Gasteiger partial charge on any atom is -0.456 e. The summed E-state index contributed by atoms with van der Waals surface area (Å²) in [5.41, 5.74) is 0. The summed E-state index contributed by atoms with van der Waals surface area (Å²) < 4.78 is 30.7. The molecule has 9 nitrogen and oxygen atoms in total. The Morgan fingerprint density at radius 2 is 0.793 bits per heavy atom. The molecule has 82 heavy (non-hydrogen) atoms. The van der Waals surface area contributed by atoms with Gasteiger partial charge in [0.05, 0.1) is 33.8 Å². The van der Waals surface area contributed by atoms with Crippen LogP contribution in [0.5, 0.6) is 0 Å². The fourth-order valence-electron chi connectivity index (χ4n) is 8.57. The van der Waals surface area contributed by atoms with Gasteiger partial charge in [0.15, 0.2) is 0 Å². The number of esters is 1. The molecule has 10 heteroatoms. The summed E-state index contributed by atoms with van der Waals surface area (Å²) in [7, 11) is 1.43. The number of phosphoric acid groups is 1. The lowest BCUT2D eigenvalue weighted by atomic mass is 10.0. The number of carbonyl (C=O) groups excluding carboxylic acids is 2. The van der Waals surface area contributed by atoms with Crippen LogP contribution in [0.25, 0.3) is 0 Å². The van der Waals surface area contributed by atoms with E-state index in [1.807, 2.05) is 33.3 Å². The quantitative estimate of drug-likeness (QED) is 0.0205. The molecule has 0 radical (unpaired) electrons. The number of unbranched alkanes of at least 4 members (excludes halogenated alkanes) is 19. The van der Waals surface area contributed by atoms with Crippen molar-refractivity contribution in [3.63, 3.8) is 0 Å². The van der Waals surface area contributed by atoms with Crippen molar-refractivity contribution in [1.29, 1.82) is 0 Å². The fraction of sp³-hybridized carbons (Fsp3) is 0.639. The smallest absolute Gasteiger partial charge is 0.456 e. The molecule has 0 rings (SSSR count). The molecule has 0 aromatic carbocycles. The van der Waals surface area contributed by atoms with E-state index in [1.165, 1.54) is 77.0 Å². The van der Waals surface area contributed by atoms with E-state index >= 15 is 0 Å². The van der Waals surface area contributed by atoms with Crippen molar-refractivity contribution in [1.82, 2.24) is 5.32 Å². The van der Waals surface area contributed by atoms with Crippen molar-refractivity contribution in [3.8, 4) is 0 Å². The number of ether oxygens (including phenoxy) is 1. The van der Waals surface area contributed by atoms with Crippen LogP contribution in [0.1, 0.15) is 245 Å². The van der Waals surface area contributed by atoms with E-state index in [2.05, 4.69) is 160 Å². The topological polar surface area (TPSA) is 111 Å². The molecule has 0 fully saturated rings. The Bertz CT molecular complexity index is 1910. The van der Waals surface area contributed by atoms with Gasteiger partial charge in [-0.3, -0.25) is 18.6 Å². The molecule has 0 saturated heterocycles.